The Morgan fingerprint density at radius 2 is 1.90 bits per heavy atom. The molecule has 1 heterocycles. The summed E-state index contributed by atoms with van der Waals surface area (Å²) in [6, 6.07) is 8.63. The second kappa shape index (κ2) is 6.73. The molecule has 0 aliphatic heterocycles. The average Bonchev–Trinajstić information content (AvgIpc) is 2.89. The van der Waals surface area contributed by atoms with Crippen molar-refractivity contribution >= 4 is 15.7 Å². The second-order valence-electron chi connectivity index (χ2n) is 4.76. The van der Waals surface area contributed by atoms with E-state index in [2.05, 4.69) is 15.1 Å². The molecule has 1 aromatic carbocycles. The van der Waals surface area contributed by atoms with E-state index in [1.165, 1.54) is 0 Å². The first-order valence-corrected chi connectivity index (χ1v) is 8.31. The molecule has 6 nitrogen and oxygen atoms in total. The summed E-state index contributed by atoms with van der Waals surface area (Å²) in [5.74, 6) is 0. The van der Waals surface area contributed by atoms with Crippen molar-refractivity contribution in [3.8, 4) is 0 Å². The lowest BCUT2D eigenvalue weighted by Crippen LogP contribution is -2.24. The van der Waals surface area contributed by atoms with Gasteiger partial charge in [0.25, 0.3) is 0 Å². The Labute approximate surface area is 125 Å². The third-order valence-electron chi connectivity index (χ3n) is 2.95. The van der Waals surface area contributed by atoms with Crippen LogP contribution in [-0.2, 0) is 23.6 Å². The SMILES string of the molecule is CCCNS(=O)(=O)c1ccc(NCc2ccn(C)n2)cc1. The number of aromatic nitrogens is 2. The van der Waals surface area contributed by atoms with Crippen LogP contribution in [0.2, 0.25) is 0 Å². The van der Waals surface area contributed by atoms with Gasteiger partial charge in [-0.3, -0.25) is 4.68 Å². The summed E-state index contributed by atoms with van der Waals surface area (Å²) < 4.78 is 28.2. The van der Waals surface area contributed by atoms with Crippen molar-refractivity contribution in [1.82, 2.24) is 14.5 Å². The molecule has 0 bridgehead atoms. The normalized spacial score (nSPS) is 11.5. The number of benzene rings is 1. The van der Waals surface area contributed by atoms with Gasteiger partial charge in [-0.1, -0.05) is 6.92 Å². The predicted octanol–water partition coefficient (Wildman–Crippen LogP) is 1.72. The van der Waals surface area contributed by atoms with Crippen molar-refractivity contribution in [2.24, 2.45) is 7.05 Å². The average molecular weight is 308 g/mol. The Morgan fingerprint density at radius 1 is 1.19 bits per heavy atom. The zero-order valence-electron chi connectivity index (χ0n) is 12.2. The van der Waals surface area contributed by atoms with Crippen LogP contribution in [0.3, 0.4) is 0 Å². The van der Waals surface area contributed by atoms with Crippen LogP contribution in [0.5, 0.6) is 0 Å². The fraction of sp³-hybridized carbons (Fsp3) is 0.357. The van der Waals surface area contributed by atoms with Crippen molar-refractivity contribution in [1.29, 1.82) is 0 Å². The summed E-state index contributed by atoms with van der Waals surface area (Å²) >= 11 is 0. The van der Waals surface area contributed by atoms with E-state index in [1.807, 2.05) is 26.2 Å². The Morgan fingerprint density at radius 3 is 2.48 bits per heavy atom. The van der Waals surface area contributed by atoms with E-state index in [1.54, 1.807) is 28.9 Å². The molecule has 0 spiro atoms. The molecule has 0 saturated heterocycles. The van der Waals surface area contributed by atoms with E-state index >= 15 is 0 Å². The first-order valence-electron chi connectivity index (χ1n) is 6.83. The summed E-state index contributed by atoms with van der Waals surface area (Å²) in [6.45, 7) is 2.97. The Hall–Kier alpha value is -1.86. The fourth-order valence-corrected chi connectivity index (χ4v) is 2.96. The molecule has 114 valence electrons. The van der Waals surface area contributed by atoms with Gasteiger partial charge in [-0.25, -0.2) is 13.1 Å². The molecular formula is C14H20N4O2S. The van der Waals surface area contributed by atoms with Gasteiger partial charge in [0, 0.05) is 25.5 Å². The molecule has 0 fully saturated rings. The van der Waals surface area contributed by atoms with Gasteiger partial charge >= 0.3 is 0 Å². The highest BCUT2D eigenvalue weighted by Crippen LogP contribution is 2.14. The van der Waals surface area contributed by atoms with Crippen molar-refractivity contribution in [2.45, 2.75) is 24.8 Å². The van der Waals surface area contributed by atoms with Gasteiger partial charge < -0.3 is 5.32 Å². The first-order chi connectivity index (χ1) is 10.0. The molecule has 0 aliphatic rings. The third kappa shape index (κ3) is 4.30. The van der Waals surface area contributed by atoms with E-state index in [0.29, 0.717) is 13.1 Å². The maximum Gasteiger partial charge on any atom is 0.240 e. The maximum atomic E-state index is 11.9. The number of hydrogen-bond donors (Lipinski definition) is 2. The van der Waals surface area contributed by atoms with E-state index in [0.717, 1.165) is 17.8 Å². The highest BCUT2D eigenvalue weighted by molar-refractivity contribution is 7.89. The summed E-state index contributed by atoms with van der Waals surface area (Å²) in [7, 11) is -1.53. The molecule has 1 aromatic heterocycles. The molecule has 0 atom stereocenters. The zero-order valence-corrected chi connectivity index (χ0v) is 13.0. The van der Waals surface area contributed by atoms with Crippen LogP contribution in [0.4, 0.5) is 5.69 Å². The van der Waals surface area contributed by atoms with Crippen molar-refractivity contribution in [2.75, 3.05) is 11.9 Å². The number of rotatable bonds is 7. The molecule has 2 aromatic rings. The summed E-state index contributed by atoms with van der Waals surface area (Å²) in [6.07, 6.45) is 2.65. The Kier molecular flexibility index (Phi) is 4.98. The molecule has 7 heteroatoms. The number of aryl methyl sites for hydroxylation is 1. The largest absolute Gasteiger partial charge is 0.379 e. The van der Waals surface area contributed by atoms with Gasteiger partial charge in [0.2, 0.25) is 10.0 Å². The quantitative estimate of drug-likeness (QED) is 0.816. The number of anilines is 1. The van der Waals surface area contributed by atoms with Crippen LogP contribution in [0.15, 0.2) is 41.4 Å². The molecule has 0 saturated carbocycles. The molecule has 0 aliphatic carbocycles. The zero-order chi connectivity index (χ0) is 15.3. The van der Waals surface area contributed by atoms with Crippen LogP contribution in [0.25, 0.3) is 0 Å². The summed E-state index contributed by atoms with van der Waals surface area (Å²) in [4.78, 5) is 0.277. The van der Waals surface area contributed by atoms with Gasteiger partial charge in [-0.2, -0.15) is 5.10 Å². The molecule has 0 radical (unpaired) electrons. The van der Waals surface area contributed by atoms with E-state index in [9.17, 15) is 8.42 Å². The molecular weight excluding hydrogens is 288 g/mol. The lowest BCUT2D eigenvalue weighted by Gasteiger charge is -2.08. The second-order valence-corrected chi connectivity index (χ2v) is 6.52. The van der Waals surface area contributed by atoms with Crippen molar-refractivity contribution < 1.29 is 8.42 Å². The van der Waals surface area contributed by atoms with Crippen LogP contribution < -0.4 is 10.0 Å². The van der Waals surface area contributed by atoms with Gasteiger partial charge in [0.1, 0.15) is 0 Å². The van der Waals surface area contributed by atoms with Gasteiger partial charge in [0.05, 0.1) is 17.1 Å². The van der Waals surface area contributed by atoms with E-state index in [-0.39, 0.29) is 4.90 Å². The van der Waals surface area contributed by atoms with Crippen LogP contribution in [0.1, 0.15) is 19.0 Å². The van der Waals surface area contributed by atoms with Crippen molar-refractivity contribution in [3.05, 3.63) is 42.2 Å². The lowest BCUT2D eigenvalue weighted by atomic mass is 10.3. The van der Waals surface area contributed by atoms with Gasteiger partial charge in [0.15, 0.2) is 0 Å². The minimum absolute atomic E-state index is 0.277. The molecule has 2 rings (SSSR count). The highest BCUT2D eigenvalue weighted by atomic mass is 32.2. The van der Waals surface area contributed by atoms with Crippen LogP contribution >= 0.6 is 0 Å². The maximum absolute atomic E-state index is 11.9. The molecule has 0 amide bonds. The topological polar surface area (TPSA) is 76.0 Å². The highest BCUT2D eigenvalue weighted by Gasteiger charge is 2.12. The molecule has 2 N–H and O–H groups in total. The number of nitrogens with zero attached hydrogens (tertiary/aromatic N) is 2. The molecule has 0 unspecified atom stereocenters. The van der Waals surface area contributed by atoms with E-state index in [4.69, 9.17) is 0 Å². The number of sulfonamides is 1. The Bertz CT molecular complexity index is 677. The monoisotopic (exact) mass is 308 g/mol. The standard InChI is InChI=1S/C14H20N4O2S/c1-3-9-16-21(19,20)14-6-4-12(5-7-14)15-11-13-8-10-18(2)17-13/h4-8,10,15-16H,3,9,11H2,1-2H3. The Balaban J connectivity index is 1.98. The smallest absolute Gasteiger partial charge is 0.240 e. The van der Waals surface area contributed by atoms with E-state index < -0.39 is 10.0 Å². The fourth-order valence-electron chi connectivity index (χ4n) is 1.82. The first kappa shape index (κ1) is 15.5. The molecule has 21 heavy (non-hydrogen) atoms. The van der Waals surface area contributed by atoms with Crippen LogP contribution in [0, 0.1) is 0 Å². The third-order valence-corrected chi connectivity index (χ3v) is 4.43. The number of hydrogen-bond acceptors (Lipinski definition) is 4. The minimum Gasteiger partial charge on any atom is -0.379 e. The number of nitrogens with one attached hydrogen (secondary N) is 2. The van der Waals surface area contributed by atoms with Gasteiger partial charge in [-0.05, 0) is 36.8 Å². The summed E-state index contributed by atoms with van der Waals surface area (Å²) in [5.41, 5.74) is 1.79. The summed E-state index contributed by atoms with van der Waals surface area (Å²) in [5, 5.41) is 7.47. The van der Waals surface area contributed by atoms with Gasteiger partial charge in [-0.15, -0.1) is 0 Å². The predicted molar refractivity (Wildman–Crippen MR) is 82.5 cm³/mol. The lowest BCUT2D eigenvalue weighted by molar-refractivity contribution is 0.581. The van der Waals surface area contributed by atoms with Crippen molar-refractivity contribution in [3.63, 3.8) is 0 Å². The van der Waals surface area contributed by atoms with Crippen LogP contribution in [-0.4, -0.2) is 24.7 Å². The minimum atomic E-state index is -3.40.